The predicted molar refractivity (Wildman–Crippen MR) is 57.6 cm³/mol. The van der Waals surface area contributed by atoms with E-state index in [0.717, 1.165) is 6.42 Å². The smallest absolute Gasteiger partial charge is 0.264 e. The molecule has 1 heterocycles. The molecule has 1 aromatic rings. The van der Waals surface area contributed by atoms with Crippen molar-refractivity contribution in [2.24, 2.45) is 0 Å². The van der Waals surface area contributed by atoms with E-state index in [2.05, 4.69) is 9.97 Å². The monoisotopic (exact) mass is 294 g/mol. The van der Waals surface area contributed by atoms with Crippen LogP contribution in [0.2, 0.25) is 0 Å². The Kier molecular flexibility index (Phi) is 3.86. The van der Waals surface area contributed by atoms with Gasteiger partial charge in [0.25, 0.3) is 5.56 Å². The fourth-order valence-corrected chi connectivity index (χ4v) is 1.30. The molecular formula is C8H11IN2O2. The molecule has 0 saturated carbocycles. The van der Waals surface area contributed by atoms with Crippen molar-refractivity contribution in [3.63, 3.8) is 0 Å². The van der Waals surface area contributed by atoms with E-state index in [9.17, 15) is 4.79 Å². The second-order valence-electron chi connectivity index (χ2n) is 2.58. The normalized spacial score (nSPS) is 12.8. The molecule has 0 bridgehead atoms. The first-order valence-corrected chi connectivity index (χ1v) is 5.04. The summed E-state index contributed by atoms with van der Waals surface area (Å²) in [6.07, 6.45) is 2.22. The Hall–Kier alpha value is -0.430. The maximum Gasteiger partial charge on any atom is 0.264 e. The second-order valence-corrected chi connectivity index (χ2v) is 3.74. The number of hydrogen-bond acceptors (Lipinski definition) is 3. The number of rotatable bonds is 3. The average molecular weight is 294 g/mol. The number of ether oxygens (including phenoxy) is 1. The molecule has 0 fully saturated rings. The molecule has 0 radical (unpaired) electrons. The van der Waals surface area contributed by atoms with Crippen molar-refractivity contribution in [3.8, 4) is 0 Å². The Balaban J connectivity index is 3.02. The predicted octanol–water partition coefficient (Wildman–Crippen LogP) is 1.47. The van der Waals surface area contributed by atoms with Gasteiger partial charge in [0, 0.05) is 13.3 Å². The summed E-state index contributed by atoms with van der Waals surface area (Å²) < 4.78 is 5.74. The number of aromatic amines is 1. The van der Waals surface area contributed by atoms with E-state index in [0.29, 0.717) is 9.39 Å². The molecule has 1 N–H and O–H groups in total. The highest BCUT2D eigenvalue weighted by Crippen LogP contribution is 2.14. The summed E-state index contributed by atoms with van der Waals surface area (Å²) in [6, 6.07) is 0. The Morgan fingerprint density at radius 3 is 2.92 bits per heavy atom. The highest BCUT2D eigenvalue weighted by molar-refractivity contribution is 14.1. The minimum Gasteiger partial charge on any atom is -0.374 e. The molecule has 0 saturated heterocycles. The van der Waals surface area contributed by atoms with Crippen molar-refractivity contribution in [2.45, 2.75) is 19.4 Å². The molecule has 0 aliphatic heterocycles. The molecule has 4 nitrogen and oxygen atoms in total. The van der Waals surface area contributed by atoms with Crippen LogP contribution < -0.4 is 5.56 Å². The molecule has 1 atom stereocenters. The maximum absolute atomic E-state index is 11.2. The summed E-state index contributed by atoms with van der Waals surface area (Å²) in [5.41, 5.74) is -0.110. The number of nitrogens with zero attached hydrogens (tertiary/aromatic N) is 1. The van der Waals surface area contributed by atoms with Crippen molar-refractivity contribution in [1.82, 2.24) is 9.97 Å². The van der Waals surface area contributed by atoms with Crippen molar-refractivity contribution in [3.05, 3.63) is 25.9 Å². The highest BCUT2D eigenvalue weighted by Gasteiger charge is 2.10. The van der Waals surface area contributed by atoms with E-state index in [1.165, 1.54) is 0 Å². The first-order valence-electron chi connectivity index (χ1n) is 3.96. The van der Waals surface area contributed by atoms with Gasteiger partial charge in [0.1, 0.15) is 11.9 Å². The summed E-state index contributed by atoms with van der Waals surface area (Å²) >= 11 is 1.94. The zero-order chi connectivity index (χ0) is 9.84. The Bertz CT molecular complexity index is 333. The minimum absolute atomic E-state index is 0.110. The van der Waals surface area contributed by atoms with Gasteiger partial charge in [0.05, 0.1) is 3.57 Å². The molecule has 5 heteroatoms. The van der Waals surface area contributed by atoms with Crippen LogP contribution in [0.1, 0.15) is 25.3 Å². The molecular weight excluding hydrogens is 283 g/mol. The molecule has 0 aliphatic carbocycles. The third-order valence-corrected chi connectivity index (χ3v) is 2.50. The number of aromatic nitrogens is 2. The van der Waals surface area contributed by atoms with E-state index in [4.69, 9.17) is 4.74 Å². The number of methoxy groups -OCH3 is 1. The molecule has 1 rings (SSSR count). The van der Waals surface area contributed by atoms with Crippen LogP contribution in [0.4, 0.5) is 0 Å². The third-order valence-electron chi connectivity index (χ3n) is 1.74. The SMILES string of the molecule is CCC(OC)c1ncc(I)c(=O)[nH]1. The van der Waals surface area contributed by atoms with Gasteiger partial charge in [-0.15, -0.1) is 0 Å². The van der Waals surface area contributed by atoms with Crippen LogP contribution in [0.3, 0.4) is 0 Å². The van der Waals surface area contributed by atoms with Gasteiger partial charge >= 0.3 is 0 Å². The largest absolute Gasteiger partial charge is 0.374 e. The molecule has 0 amide bonds. The lowest BCUT2D eigenvalue weighted by Gasteiger charge is -2.10. The van der Waals surface area contributed by atoms with Gasteiger partial charge in [-0.1, -0.05) is 6.92 Å². The molecule has 13 heavy (non-hydrogen) atoms. The van der Waals surface area contributed by atoms with Crippen LogP contribution in [0.25, 0.3) is 0 Å². The lowest BCUT2D eigenvalue weighted by molar-refractivity contribution is 0.0923. The number of nitrogens with one attached hydrogen (secondary N) is 1. The van der Waals surface area contributed by atoms with Crippen LogP contribution in [0.5, 0.6) is 0 Å². The summed E-state index contributed by atoms with van der Waals surface area (Å²) in [7, 11) is 1.60. The standard InChI is InChI=1S/C8H11IN2O2/c1-3-6(13-2)7-10-4-5(9)8(12)11-7/h4,6H,3H2,1-2H3,(H,10,11,12). The summed E-state index contributed by atoms with van der Waals surface area (Å²) in [6.45, 7) is 1.98. The van der Waals surface area contributed by atoms with Gasteiger partial charge in [-0.25, -0.2) is 4.98 Å². The van der Waals surface area contributed by atoms with E-state index in [1.807, 2.05) is 29.5 Å². The van der Waals surface area contributed by atoms with Gasteiger partial charge < -0.3 is 9.72 Å². The van der Waals surface area contributed by atoms with Crippen molar-refractivity contribution >= 4 is 22.6 Å². The summed E-state index contributed by atoms with van der Waals surface area (Å²) in [5.74, 6) is 0.593. The lowest BCUT2D eigenvalue weighted by atomic mass is 10.2. The molecule has 72 valence electrons. The molecule has 0 spiro atoms. The molecule has 0 aliphatic rings. The fourth-order valence-electron chi connectivity index (χ4n) is 1.03. The Morgan fingerprint density at radius 2 is 2.46 bits per heavy atom. The van der Waals surface area contributed by atoms with Crippen molar-refractivity contribution in [1.29, 1.82) is 0 Å². The minimum atomic E-state index is -0.121. The van der Waals surface area contributed by atoms with E-state index < -0.39 is 0 Å². The Morgan fingerprint density at radius 1 is 1.77 bits per heavy atom. The fraction of sp³-hybridized carbons (Fsp3) is 0.500. The number of halogens is 1. The maximum atomic E-state index is 11.2. The first-order chi connectivity index (χ1) is 6.19. The Labute approximate surface area is 89.9 Å². The summed E-state index contributed by atoms with van der Waals surface area (Å²) in [5, 5.41) is 0. The third kappa shape index (κ3) is 2.50. The quantitative estimate of drug-likeness (QED) is 0.859. The second kappa shape index (κ2) is 4.71. The van der Waals surface area contributed by atoms with Crippen molar-refractivity contribution in [2.75, 3.05) is 7.11 Å². The topological polar surface area (TPSA) is 55.0 Å². The van der Waals surface area contributed by atoms with E-state index in [1.54, 1.807) is 13.3 Å². The number of H-pyrrole nitrogens is 1. The zero-order valence-electron chi connectivity index (χ0n) is 7.50. The van der Waals surface area contributed by atoms with Crippen molar-refractivity contribution < 1.29 is 4.74 Å². The lowest BCUT2D eigenvalue weighted by Crippen LogP contribution is -2.16. The van der Waals surface area contributed by atoms with E-state index >= 15 is 0 Å². The highest BCUT2D eigenvalue weighted by atomic mass is 127. The number of hydrogen-bond donors (Lipinski definition) is 1. The van der Waals surface area contributed by atoms with Gasteiger partial charge in [-0.2, -0.15) is 0 Å². The molecule has 1 unspecified atom stereocenters. The first kappa shape index (κ1) is 10.6. The van der Waals surface area contributed by atoms with Gasteiger partial charge in [0.2, 0.25) is 0 Å². The molecule has 1 aromatic heterocycles. The zero-order valence-corrected chi connectivity index (χ0v) is 9.66. The van der Waals surface area contributed by atoms with Crippen LogP contribution >= 0.6 is 22.6 Å². The van der Waals surface area contributed by atoms with Gasteiger partial charge in [-0.3, -0.25) is 4.79 Å². The van der Waals surface area contributed by atoms with Crippen LogP contribution in [-0.2, 0) is 4.74 Å². The average Bonchev–Trinajstić information content (AvgIpc) is 2.13. The molecule has 0 aromatic carbocycles. The van der Waals surface area contributed by atoms with Gasteiger partial charge in [-0.05, 0) is 29.0 Å². The van der Waals surface area contributed by atoms with Gasteiger partial charge in [0.15, 0.2) is 0 Å². The van der Waals surface area contributed by atoms with E-state index in [-0.39, 0.29) is 11.7 Å². The van der Waals surface area contributed by atoms with Crippen LogP contribution in [0.15, 0.2) is 11.0 Å². The van der Waals surface area contributed by atoms with Crippen LogP contribution in [-0.4, -0.2) is 17.1 Å². The summed E-state index contributed by atoms with van der Waals surface area (Å²) in [4.78, 5) is 18.0. The van der Waals surface area contributed by atoms with Crippen LogP contribution in [0, 0.1) is 3.57 Å².